The fraction of sp³-hybridized carbons (Fsp3) is 0.0526. The third kappa shape index (κ3) is 3.37. The summed E-state index contributed by atoms with van der Waals surface area (Å²) in [5.41, 5.74) is 2.44. The molecule has 0 radical (unpaired) electrons. The maximum atomic E-state index is 10.8. The summed E-state index contributed by atoms with van der Waals surface area (Å²) >= 11 is 0. The fourth-order valence-electron chi connectivity index (χ4n) is 2.33. The van der Waals surface area contributed by atoms with Crippen LogP contribution in [0.25, 0.3) is 21.8 Å². The molecular formula is C19H16N2O2. The molecule has 0 saturated heterocycles. The molecule has 0 unspecified atom stereocenters. The lowest BCUT2D eigenvalue weighted by molar-refractivity contribution is 0.480. The van der Waals surface area contributed by atoms with Gasteiger partial charge in [-0.1, -0.05) is 36.4 Å². The second-order valence-corrected chi connectivity index (χ2v) is 5.21. The van der Waals surface area contributed by atoms with Gasteiger partial charge in [-0.25, -0.2) is 4.98 Å². The van der Waals surface area contributed by atoms with E-state index in [0.717, 1.165) is 22.0 Å². The number of H-pyrrole nitrogens is 1. The minimum Gasteiger partial charge on any atom is -0.506 e. The van der Waals surface area contributed by atoms with Crippen molar-refractivity contribution in [2.75, 3.05) is 0 Å². The normalized spacial score (nSPS) is 10.3. The molecule has 4 nitrogen and oxygen atoms in total. The Balaban J connectivity index is 0.000000136. The number of aromatic nitrogens is 2. The Morgan fingerprint density at radius 1 is 0.870 bits per heavy atom. The highest BCUT2D eigenvalue weighted by Crippen LogP contribution is 2.21. The van der Waals surface area contributed by atoms with Gasteiger partial charge in [-0.05, 0) is 36.6 Å². The zero-order valence-electron chi connectivity index (χ0n) is 12.7. The number of aryl methyl sites for hydroxylation is 1. The van der Waals surface area contributed by atoms with Crippen molar-refractivity contribution in [3.05, 3.63) is 82.8 Å². The van der Waals surface area contributed by atoms with E-state index in [1.165, 1.54) is 6.07 Å². The molecule has 114 valence electrons. The summed E-state index contributed by atoms with van der Waals surface area (Å²) in [6.45, 7) is 1.91. The van der Waals surface area contributed by atoms with Gasteiger partial charge in [0, 0.05) is 22.7 Å². The molecular weight excluding hydrogens is 288 g/mol. The standard InChI is InChI=1S/C10H9NO.C9H7NO/c1-7-5-6-8-3-2-4-9(12)10(8)11-7;11-9-6-5-7-3-1-2-4-8(7)10-9/h2-6,12H,1H3;1-6H,(H,10,11). The third-order valence-electron chi connectivity index (χ3n) is 3.47. The zero-order valence-corrected chi connectivity index (χ0v) is 12.7. The Hall–Kier alpha value is -3.14. The van der Waals surface area contributed by atoms with Gasteiger partial charge < -0.3 is 10.1 Å². The van der Waals surface area contributed by atoms with Crippen molar-refractivity contribution in [2.24, 2.45) is 0 Å². The predicted octanol–water partition coefficient (Wildman–Crippen LogP) is 3.78. The smallest absolute Gasteiger partial charge is 0.248 e. The molecule has 2 heterocycles. The van der Waals surface area contributed by atoms with E-state index in [0.29, 0.717) is 5.52 Å². The molecule has 4 rings (SSSR count). The van der Waals surface area contributed by atoms with Crippen LogP contribution in [0.1, 0.15) is 5.69 Å². The van der Waals surface area contributed by atoms with Crippen molar-refractivity contribution in [1.82, 2.24) is 9.97 Å². The van der Waals surface area contributed by atoms with E-state index in [1.807, 2.05) is 61.5 Å². The first kappa shape index (κ1) is 14.8. The van der Waals surface area contributed by atoms with Gasteiger partial charge in [-0.2, -0.15) is 0 Å². The number of pyridine rings is 2. The van der Waals surface area contributed by atoms with Crippen LogP contribution in [0, 0.1) is 6.92 Å². The molecule has 2 aromatic carbocycles. The van der Waals surface area contributed by atoms with E-state index in [1.54, 1.807) is 6.07 Å². The van der Waals surface area contributed by atoms with Crippen LogP contribution < -0.4 is 5.56 Å². The number of nitrogens with zero attached hydrogens (tertiary/aromatic N) is 1. The summed E-state index contributed by atoms with van der Waals surface area (Å²) in [4.78, 5) is 17.8. The minimum atomic E-state index is -0.0521. The van der Waals surface area contributed by atoms with Crippen LogP contribution in [0.5, 0.6) is 5.75 Å². The molecule has 0 spiro atoms. The molecule has 0 amide bonds. The number of para-hydroxylation sites is 2. The Morgan fingerprint density at radius 2 is 1.61 bits per heavy atom. The van der Waals surface area contributed by atoms with Crippen molar-refractivity contribution < 1.29 is 5.11 Å². The second kappa shape index (κ2) is 6.32. The van der Waals surface area contributed by atoms with Crippen molar-refractivity contribution in [1.29, 1.82) is 0 Å². The predicted molar refractivity (Wildman–Crippen MR) is 92.7 cm³/mol. The number of hydrogen-bond donors (Lipinski definition) is 2. The Bertz CT molecular complexity index is 1020. The lowest BCUT2D eigenvalue weighted by Crippen LogP contribution is -2.01. The lowest BCUT2D eigenvalue weighted by Gasteiger charge is -1.99. The number of fused-ring (bicyclic) bond motifs is 2. The number of aromatic amines is 1. The number of phenols is 1. The molecule has 0 aliphatic rings. The first-order chi connectivity index (χ1) is 11.1. The van der Waals surface area contributed by atoms with Gasteiger partial charge in [-0.3, -0.25) is 4.79 Å². The summed E-state index contributed by atoms with van der Waals surface area (Å²) in [7, 11) is 0. The number of phenolic OH excluding ortho intramolecular Hbond substituents is 1. The zero-order chi connectivity index (χ0) is 16.2. The van der Waals surface area contributed by atoms with Crippen LogP contribution in [0.2, 0.25) is 0 Å². The molecule has 0 fully saturated rings. The first-order valence-electron chi connectivity index (χ1n) is 7.27. The van der Waals surface area contributed by atoms with Crippen LogP contribution in [-0.2, 0) is 0 Å². The quantitative estimate of drug-likeness (QED) is 0.519. The molecule has 2 N–H and O–H groups in total. The number of aromatic hydroxyl groups is 1. The van der Waals surface area contributed by atoms with Crippen LogP contribution in [0.3, 0.4) is 0 Å². The van der Waals surface area contributed by atoms with Gasteiger partial charge in [0.1, 0.15) is 11.3 Å². The minimum absolute atomic E-state index is 0.0521. The SMILES string of the molecule is Cc1ccc2cccc(O)c2n1.O=c1ccc2ccccc2[nH]1. The number of hydrogen-bond acceptors (Lipinski definition) is 3. The van der Waals surface area contributed by atoms with Crippen molar-refractivity contribution in [3.63, 3.8) is 0 Å². The van der Waals surface area contributed by atoms with Crippen LogP contribution in [0.15, 0.2) is 71.5 Å². The first-order valence-corrected chi connectivity index (χ1v) is 7.27. The van der Waals surface area contributed by atoms with Gasteiger partial charge in [0.25, 0.3) is 0 Å². The molecule has 0 atom stereocenters. The molecule has 0 aliphatic carbocycles. The van der Waals surface area contributed by atoms with Crippen LogP contribution in [-0.4, -0.2) is 15.1 Å². The van der Waals surface area contributed by atoms with Crippen LogP contribution >= 0.6 is 0 Å². The van der Waals surface area contributed by atoms with E-state index in [2.05, 4.69) is 9.97 Å². The van der Waals surface area contributed by atoms with E-state index in [-0.39, 0.29) is 11.3 Å². The monoisotopic (exact) mass is 304 g/mol. The maximum absolute atomic E-state index is 10.8. The van der Waals surface area contributed by atoms with E-state index < -0.39 is 0 Å². The topological polar surface area (TPSA) is 66.0 Å². The van der Waals surface area contributed by atoms with Gasteiger partial charge in [0.05, 0.1) is 0 Å². The summed E-state index contributed by atoms with van der Waals surface area (Å²) in [6, 6.07) is 20.3. The molecule has 0 bridgehead atoms. The van der Waals surface area contributed by atoms with E-state index in [9.17, 15) is 9.90 Å². The van der Waals surface area contributed by atoms with E-state index >= 15 is 0 Å². The summed E-state index contributed by atoms with van der Waals surface area (Å²) in [5.74, 6) is 0.246. The molecule has 0 aliphatic heterocycles. The largest absolute Gasteiger partial charge is 0.506 e. The third-order valence-corrected chi connectivity index (χ3v) is 3.47. The highest BCUT2D eigenvalue weighted by Gasteiger charge is 1.98. The highest BCUT2D eigenvalue weighted by molar-refractivity contribution is 5.84. The van der Waals surface area contributed by atoms with Gasteiger partial charge >= 0.3 is 0 Å². The Kier molecular flexibility index (Phi) is 4.06. The number of rotatable bonds is 0. The molecule has 0 saturated carbocycles. The van der Waals surface area contributed by atoms with Gasteiger partial charge in [0.2, 0.25) is 5.56 Å². The molecule has 4 heteroatoms. The fourth-order valence-corrected chi connectivity index (χ4v) is 2.33. The van der Waals surface area contributed by atoms with Gasteiger partial charge in [0.15, 0.2) is 0 Å². The highest BCUT2D eigenvalue weighted by atomic mass is 16.3. The average Bonchev–Trinajstić information content (AvgIpc) is 2.56. The van der Waals surface area contributed by atoms with Gasteiger partial charge in [-0.15, -0.1) is 0 Å². The average molecular weight is 304 g/mol. The van der Waals surface area contributed by atoms with Crippen molar-refractivity contribution in [2.45, 2.75) is 6.92 Å². The molecule has 4 aromatic rings. The Labute approximate surface area is 133 Å². The maximum Gasteiger partial charge on any atom is 0.248 e. The number of benzene rings is 2. The molecule has 23 heavy (non-hydrogen) atoms. The molecule has 2 aromatic heterocycles. The van der Waals surface area contributed by atoms with E-state index in [4.69, 9.17) is 0 Å². The summed E-state index contributed by atoms with van der Waals surface area (Å²) < 4.78 is 0. The van der Waals surface area contributed by atoms with Crippen LogP contribution in [0.4, 0.5) is 0 Å². The van der Waals surface area contributed by atoms with Crippen molar-refractivity contribution >= 4 is 21.8 Å². The summed E-state index contributed by atoms with van der Waals surface area (Å²) in [5, 5.41) is 11.5. The lowest BCUT2D eigenvalue weighted by atomic mass is 10.2. The second-order valence-electron chi connectivity index (χ2n) is 5.21. The Morgan fingerprint density at radius 3 is 2.48 bits per heavy atom. The van der Waals surface area contributed by atoms with Crippen molar-refractivity contribution in [3.8, 4) is 5.75 Å². The summed E-state index contributed by atoms with van der Waals surface area (Å²) in [6.07, 6.45) is 0. The number of nitrogens with one attached hydrogen (secondary N) is 1.